The van der Waals surface area contributed by atoms with Crippen LogP contribution in [-0.4, -0.2) is 12.0 Å². The van der Waals surface area contributed by atoms with Crippen LogP contribution in [0.3, 0.4) is 0 Å². The van der Waals surface area contributed by atoms with Crippen molar-refractivity contribution in [1.29, 1.82) is 0 Å². The van der Waals surface area contributed by atoms with Gasteiger partial charge < -0.3 is 10.5 Å². The molecule has 0 heterocycles. The Morgan fingerprint density at radius 2 is 1.94 bits per heavy atom. The molecule has 0 fully saturated rings. The van der Waals surface area contributed by atoms with E-state index >= 15 is 0 Å². The molecule has 2 aromatic carbocycles. The highest BCUT2D eigenvalue weighted by Crippen LogP contribution is 2.26. The van der Waals surface area contributed by atoms with Crippen LogP contribution in [0.1, 0.15) is 13.3 Å². The Balaban J connectivity index is 2.38. The van der Waals surface area contributed by atoms with E-state index in [1.54, 1.807) is 0 Å². The van der Waals surface area contributed by atoms with Crippen molar-refractivity contribution in [2.75, 3.05) is 0 Å². The molecule has 0 aromatic heterocycles. The molecule has 3 nitrogen and oxygen atoms in total. The van der Waals surface area contributed by atoms with E-state index in [-0.39, 0.29) is 0 Å². The number of benzene rings is 2. The van der Waals surface area contributed by atoms with E-state index in [1.807, 2.05) is 49.4 Å². The van der Waals surface area contributed by atoms with Gasteiger partial charge in [0.05, 0.1) is 0 Å². The predicted octanol–water partition coefficient (Wildman–Crippen LogP) is 2.48. The topological polar surface area (TPSA) is 52.3 Å². The van der Waals surface area contributed by atoms with Crippen LogP contribution in [0, 0.1) is 0 Å². The van der Waals surface area contributed by atoms with Gasteiger partial charge in [0.15, 0.2) is 6.10 Å². The molecule has 0 radical (unpaired) electrons. The minimum absolute atomic E-state index is 0.430. The van der Waals surface area contributed by atoms with Crippen LogP contribution in [0.4, 0.5) is 0 Å². The lowest BCUT2D eigenvalue weighted by atomic mass is 10.1. The summed E-state index contributed by atoms with van der Waals surface area (Å²) in [5, 5.41) is 2.08. The molecule has 0 aliphatic rings. The molecule has 0 aliphatic heterocycles. The van der Waals surface area contributed by atoms with E-state index in [9.17, 15) is 4.79 Å². The van der Waals surface area contributed by atoms with Crippen LogP contribution >= 0.6 is 0 Å². The first-order chi connectivity index (χ1) is 8.22. The van der Waals surface area contributed by atoms with Crippen LogP contribution in [0.15, 0.2) is 42.5 Å². The van der Waals surface area contributed by atoms with Gasteiger partial charge in [-0.3, -0.25) is 4.79 Å². The second-order valence-corrected chi connectivity index (χ2v) is 3.89. The second kappa shape index (κ2) is 4.87. The number of fused-ring (bicyclic) bond motifs is 1. The first-order valence-electron chi connectivity index (χ1n) is 5.66. The van der Waals surface area contributed by atoms with Crippen molar-refractivity contribution in [2.24, 2.45) is 5.73 Å². The highest BCUT2D eigenvalue weighted by atomic mass is 16.5. The van der Waals surface area contributed by atoms with Gasteiger partial charge in [-0.1, -0.05) is 43.3 Å². The number of amides is 1. The zero-order chi connectivity index (χ0) is 12.3. The summed E-state index contributed by atoms with van der Waals surface area (Å²) in [4.78, 5) is 11.2. The fourth-order valence-corrected chi connectivity index (χ4v) is 1.79. The Morgan fingerprint density at radius 1 is 1.24 bits per heavy atom. The summed E-state index contributed by atoms with van der Waals surface area (Å²) in [6, 6.07) is 13.7. The van der Waals surface area contributed by atoms with Gasteiger partial charge in [-0.05, 0) is 17.9 Å². The maximum atomic E-state index is 11.2. The zero-order valence-corrected chi connectivity index (χ0v) is 9.72. The fraction of sp³-hybridized carbons (Fsp3) is 0.214. The third-order valence-corrected chi connectivity index (χ3v) is 2.71. The molecule has 0 bridgehead atoms. The normalized spacial score (nSPS) is 12.3. The SMILES string of the molecule is CC[C@@H](Oc1cccc2ccccc12)C(N)=O. The van der Waals surface area contributed by atoms with Crippen molar-refractivity contribution >= 4 is 16.7 Å². The summed E-state index contributed by atoms with van der Waals surface area (Å²) in [6.07, 6.45) is -0.000688. The summed E-state index contributed by atoms with van der Waals surface area (Å²) < 4.78 is 5.66. The average molecular weight is 229 g/mol. The maximum absolute atomic E-state index is 11.2. The van der Waals surface area contributed by atoms with Gasteiger partial charge >= 0.3 is 0 Å². The molecule has 3 heteroatoms. The van der Waals surface area contributed by atoms with Crippen LogP contribution in [-0.2, 0) is 4.79 Å². The number of ether oxygens (including phenoxy) is 1. The summed E-state index contributed by atoms with van der Waals surface area (Å²) in [5.74, 6) is 0.272. The molecule has 1 atom stereocenters. The van der Waals surface area contributed by atoms with Crippen LogP contribution < -0.4 is 10.5 Å². The highest BCUT2D eigenvalue weighted by Gasteiger charge is 2.15. The number of nitrogens with two attached hydrogens (primary N) is 1. The molecule has 2 rings (SSSR count). The van der Waals surface area contributed by atoms with Gasteiger partial charge in [0.1, 0.15) is 5.75 Å². The summed E-state index contributed by atoms with van der Waals surface area (Å²) in [5.41, 5.74) is 5.28. The molecule has 0 spiro atoms. The summed E-state index contributed by atoms with van der Waals surface area (Å²) in [7, 11) is 0. The number of primary amides is 1. The van der Waals surface area contributed by atoms with Crippen LogP contribution in [0.2, 0.25) is 0 Å². The zero-order valence-electron chi connectivity index (χ0n) is 9.72. The van der Waals surface area contributed by atoms with Crippen molar-refractivity contribution in [3.63, 3.8) is 0 Å². The lowest BCUT2D eigenvalue weighted by Gasteiger charge is -2.15. The summed E-state index contributed by atoms with van der Waals surface area (Å²) in [6.45, 7) is 1.88. The number of hydrogen-bond donors (Lipinski definition) is 1. The van der Waals surface area contributed by atoms with Gasteiger partial charge in [-0.15, -0.1) is 0 Å². The predicted molar refractivity (Wildman–Crippen MR) is 67.8 cm³/mol. The first-order valence-corrected chi connectivity index (χ1v) is 5.66. The van der Waals surface area contributed by atoms with E-state index < -0.39 is 12.0 Å². The maximum Gasteiger partial charge on any atom is 0.258 e. The van der Waals surface area contributed by atoms with Gasteiger partial charge in [-0.25, -0.2) is 0 Å². The molecule has 1 amide bonds. The third kappa shape index (κ3) is 2.38. The Morgan fingerprint density at radius 3 is 2.65 bits per heavy atom. The van der Waals surface area contributed by atoms with E-state index in [0.717, 1.165) is 10.8 Å². The molecule has 0 aliphatic carbocycles. The molecule has 2 aromatic rings. The van der Waals surface area contributed by atoms with Crippen LogP contribution in [0.5, 0.6) is 5.75 Å². The second-order valence-electron chi connectivity index (χ2n) is 3.89. The fourth-order valence-electron chi connectivity index (χ4n) is 1.79. The Kier molecular flexibility index (Phi) is 3.28. The van der Waals surface area contributed by atoms with E-state index in [0.29, 0.717) is 12.2 Å². The van der Waals surface area contributed by atoms with Crippen molar-refractivity contribution in [2.45, 2.75) is 19.4 Å². The van der Waals surface area contributed by atoms with E-state index in [1.165, 1.54) is 0 Å². The molecule has 2 N–H and O–H groups in total. The van der Waals surface area contributed by atoms with Crippen molar-refractivity contribution in [3.05, 3.63) is 42.5 Å². The first kappa shape index (κ1) is 11.5. The third-order valence-electron chi connectivity index (χ3n) is 2.71. The van der Waals surface area contributed by atoms with E-state index in [4.69, 9.17) is 10.5 Å². The van der Waals surface area contributed by atoms with Gasteiger partial charge in [0, 0.05) is 5.39 Å². The monoisotopic (exact) mass is 229 g/mol. The number of hydrogen-bond acceptors (Lipinski definition) is 2. The minimum Gasteiger partial charge on any atom is -0.480 e. The van der Waals surface area contributed by atoms with Gasteiger partial charge in [-0.2, -0.15) is 0 Å². The average Bonchev–Trinajstić information content (AvgIpc) is 2.35. The Bertz CT molecular complexity index is 531. The Hall–Kier alpha value is -2.03. The van der Waals surface area contributed by atoms with E-state index in [2.05, 4.69) is 0 Å². The number of carbonyl (C=O) groups excluding carboxylic acids is 1. The van der Waals surface area contributed by atoms with Gasteiger partial charge in [0.25, 0.3) is 5.91 Å². The van der Waals surface area contributed by atoms with Gasteiger partial charge in [0.2, 0.25) is 0 Å². The quantitative estimate of drug-likeness (QED) is 0.875. The highest BCUT2D eigenvalue weighted by molar-refractivity contribution is 5.88. The van der Waals surface area contributed by atoms with Crippen molar-refractivity contribution in [1.82, 2.24) is 0 Å². The lowest BCUT2D eigenvalue weighted by Crippen LogP contribution is -2.33. The standard InChI is InChI=1S/C14H15NO2/c1-2-12(14(15)16)17-13-9-5-7-10-6-3-4-8-11(10)13/h3-9,12H,2H2,1H3,(H2,15,16)/t12-/m1/s1. The minimum atomic E-state index is -0.569. The molecular weight excluding hydrogens is 214 g/mol. The smallest absolute Gasteiger partial charge is 0.258 e. The number of carbonyl (C=O) groups is 1. The number of rotatable bonds is 4. The van der Waals surface area contributed by atoms with Crippen molar-refractivity contribution in [3.8, 4) is 5.75 Å². The summed E-state index contributed by atoms with van der Waals surface area (Å²) >= 11 is 0. The molecular formula is C14H15NO2. The largest absolute Gasteiger partial charge is 0.480 e. The molecule has 0 saturated carbocycles. The molecule has 0 unspecified atom stereocenters. The Labute approximate surface area is 100 Å². The van der Waals surface area contributed by atoms with Crippen LogP contribution in [0.25, 0.3) is 10.8 Å². The molecule has 88 valence electrons. The molecule has 17 heavy (non-hydrogen) atoms. The van der Waals surface area contributed by atoms with Crippen molar-refractivity contribution < 1.29 is 9.53 Å². The lowest BCUT2D eigenvalue weighted by molar-refractivity contribution is -0.124. The molecule has 0 saturated heterocycles.